The highest BCUT2D eigenvalue weighted by molar-refractivity contribution is 5.16. The molecule has 2 bridgehead atoms. The Kier molecular flexibility index (Phi) is 3.20. The van der Waals surface area contributed by atoms with E-state index in [2.05, 4.69) is 33.8 Å². The Labute approximate surface area is 93.9 Å². The van der Waals surface area contributed by atoms with E-state index < -0.39 is 0 Å². The van der Waals surface area contributed by atoms with Gasteiger partial charge in [-0.25, -0.2) is 0 Å². The third-order valence-electron chi connectivity index (χ3n) is 4.45. The maximum atomic E-state index is 6.06. The number of hydrogen-bond acceptors (Lipinski definition) is 1. The van der Waals surface area contributed by atoms with Crippen molar-refractivity contribution in [3.8, 4) is 0 Å². The minimum Gasteiger partial charge on any atom is -0.377 e. The molecule has 2 aliphatic rings. The number of rotatable bonds is 2. The quantitative estimate of drug-likeness (QED) is 0.629. The summed E-state index contributed by atoms with van der Waals surface area (Å²) >= 11 is 0. The molecule has 1 aliphatic carbocycles. The van der Waals surface area contributed by atoms with E-state index in [4.69, 9.17) is 4.74 Å². The first-order valence-electron chi connectivity index (χ1n) is 6.45. The summed E-state index contributed by atoms with van der Waals surface area (Å²) < 4.78 is 6.06. The summed E-state index contributed by atoms with van der Waals surface area (Å²) in [6.07, 6.45) is 5.44. The maximum absolute atomic E-state index is 6.06. The van der Waals surface area contributed by atoms with Gasteiger partial charge in [-0.2, -0.15) is 0 Å². The highest BCUT2D eigenvalue weighted by Crippen LogP contribution is 2.45. The van der Waals surface area contributed by atoms with Gasteiger partial charge in [-0.15, -0.1) is 0 Å². The monoisotopic (exact) mass is 208 g/mol. The summed E-state index contributed by atoms with van der Waals surface area (Å²) in [6, 6.07) is 0. The van der Waals surface area contributed by atoms with Crippen LogP contribution in [-0.2, 0) is 4.74 Å². The van der Waals surface area contributed by atoms with Gasteiger partial charge in [-0.05, 0) is 31.1 Å². The van der Waals surface area contributed by atoms with E-state index in [0.717, 1.165) is 18.4 Å². The van der Waals surface area contributed by atoms with Crippen LogP contribution in [0, 0.1) is 23.7 Å². The lowest BCUT2D eigenvalue weighted by Gasteiger charge is -2.47. The van der Waals surface area contributed by atoms with Gasteiger partial charge >= 0.3 is 0 Å². The van der Waals surface area contributed by atoms with Gasteiger partial charge in [-0.3, -0.25) is 0 Å². The highest BCUT2D eigenvalue weighted by atomic mass is 16.5. The molecule has 1 aliphatic heterocycles. The number of ether oxygens (including phenoxy) is 1. The van der Waals surface area contributed by atoms with Crippen LogP contribution in [0.2, 0.25) is 0 Å². The van der Waals surface area contributed by atoms with Crippen molar-refractivity contribution in [3.63, 3.8) is 0 Å². The molecule has 1 heterocycles. The predicted molar refractivity (Wildman–Crippen MR) is 63.7 cm³/mol. The van der Waals surface area contributed by atoms with E-state index in [9.17, 15) is 0 Å². The second-order valence-electron chi connectivity index (χ2n) is 5.48. The van der Waals surface area contributed by atoms with E-state index in [1.165, 1.54) is 12.8 Å². The van der Waals surface area contributed by atoms with Crippen LogP contribution >= 0.6 is 0 Å². The number of fused-ring (bicyclic) bond motifs is 2. The molecule has 0 saturated carbocycles. The Hall–Kier alpha value is -0.300. The molecular formula is C14H24O. The summed E-state index contributed by atoms with van der Waals surface area (Å²) in [4.78, 5) is 0. The summed E-state index contributed by atoms with van der Waals surface area (Å²) in [5, 5.41) is 0. The molecule has 1 saturated heterocycles. The molecule has 5 atom stereocenters. The van der Waals surface area contributed by atoms with Crippen LogP contribution in [-0.4, -0.2) is 12.7 Å². The molecule has 15 heavy (non-hydrogen) atoms. The standard InChI is InChI=1S/C14H24O/c1-5-6-13-14-10(3)7-9(2)12(8-15-13)11(14)4/h7,9,11-14H,5-6,8H2,1-4H3/t9-,11-,12+,13-,14+/m1/s1. The average Bonchev–Trinajstić information content (AvgIpc) is 2.15. The zero-order chi connectivity index (χ0) is 11.0. The molecular weight excluding hydrogens is 184 g/mol. The Morgan fingerprint density at radius 1 is 1.40 bits per heavy atom. The second-order valence-corrected chi connectivity index (χ2v) is 5.48. The first-order chi connectivity index (χ1) is 7.15. The zero-order valence-corrected chi connectivity index (χ0v) is 10.5. The van der Waals surface area contributed by atoms with Gasteiger partial charge in [0, 0.05) is 5.92 Å². The Morgan fingerprint density at radius 3 is 2.80 bits per heavy atom. The number of hydrogen-bond donors (Lipinski definition) is 0. The summed E-state index contributed by atoms with van der Waals surface area (Å²) in [5.74, 6) is 2.97. The fourth-order valence-corrected chi connectivity index (χ4v) is 3.63. The average molecular weight is 208 g/mol. The van der Waals surface area contributed by atoms with Crippen molar-refractivity contribution in [1.29, 1.82) is 0 Å². The van der Waals surface area contributed by atoms with Crippen molar-refractivity contribution in [2.45, 2.75) is 46.6 Å². The number of allylic oxidation sites excluding steroid dienone is 1. The van der Waals surface area contributed by atoms with E-state index in [1.807, 2.05) is 0 Å². The van der Waals surface area contributed by atoms with Gasteiger partial charge in [0.05, 0.1) is 12.7 Å². The maximum Gasteiger partial charge on any atom is 0.0642 e. The molecule has 2 rings (SSSR count). The molecule has 1 nitrogen and oxygen atoms in total. The largest absolute Gasteiger partial charge is 0.377 e. The molecule has 86 valence electrons. The first-order valence-corrected chi connectivity index (χ1v) is 6.45. The summed E-state index contributed by atoms with van der Waals surface area (Å²) in [5.41, 5.74) is 1.57. The SMILES string of the molecule is CCC[C@H]1OC[C@@H]2[C@@H](C)[C@@H]1C(C)=C[C@H]2C. The lowest BCUT2D eigenvalue weighted by Crippen LogP contribution is -2.46. The van der Waals surface area contributed by atoms with Gasteiger partial charge in [0.25, 0.3) is 0 Å². The molecule has 1 heteroatoms. The van der Waals surface area contributed by atoms with Crippen LogP contribution in [0.3, 0.4) is 0 Å². The Morgan fingerprint density at radius 2 is 2.13 bits per heavy atom. The van der Waals surface area contributed by atoms with Crippen molar-refractivity contribution in [3.05, 3.63) is 11.6 Å². The molecule has 0 aromatic rings. The van der Waals surface area contributed by atoms with Gasteiger partial charge in [-0.1, -0.05) is 38.8 Å². The fourth-order valence-electron chi connectivity index (χ4n) is 3.63. The van der Waals surface area contributed by atoms with Gasteiger partial charge < -0.3 is 4.74 Å². The third-order valence-corrected chi connectivity index (χ3v) is 4.45. The van der Waals surface area contributed by atoms with Crippen LogP contribution in [0.4, 0.5) is 0 Å². The Balaban J connectivity index is 2.22. The van der Waals surface area contributed by atoms with Crippen LogP contribution in [0.25, 0.3) is 0 Å². The van der Waals surface area contributed by atoms with Crippen LogP contribution in [0.1, 0.15) is 40.5 Å². The topological polar surface area (TPSA) is 9.23 Å². The molecule has 0 radical (unpaired) electrons. The minimum atomic E-state index is 0.491. The molecule has 0 unspecified atom stereocenters. The van der Waals surface area contributed by atoms with Crippen molar-refractivity contribution in [2.24, 2.45) is 23.7 Å². The van der Waals surface area contributed by atoms with E-state index >= 15 is 0 Å². The summed E-state index contributed by atoms with van der Waals surface area (Å²) in [6.45, 7) is 10.3. The van der Waals surface area contributed by atoms with Crippen molar-refractivity contribution in [2.75, 3.05) is 6.61 Å². The fraction of sp³-hybridized carbons (Fsp3) is 0.857. The molecule has 0 spiro atoms. The van der Waals surface area contributed by atoms with Gasteiger partial charge in [0.15, 0.2) is 0 Å². The smallest absolute Gasteiger partial charge is 0.0642 e. The molecule has 0 aromatic heterocycles. The van der Waals surface area contributed by atoms with Crippen molar-refractivity contribution >= 4 is 0 Å². The van der Waals surface area contributed by atoms with Gasteiger partial charge in [0.1, 0.15) is 0 Å². The van der Waals surface area contributed by atoms with Crippen LogP contribution in [0.15, 0.2) is 11.6 Å². The van der Waals surface area contributed by atoms with E-state index in [-0.39, 0.29) is 0 Å². The lowest BCUT2D eigenvalue weighted by molar-refractivity contribution is -0.0939. The molecule has 0 aromatic carbocycles. The van der Waals surface area contributed by atoms with Crippen molar-refractivity contribution in [1.82, 2.24) is 0 Å². The van der Waals surface area contributed by atoms with Crippen LogP contribution in [0.5, 0.6) is 0 Å². The predicted octanol–water partition coefficient (Wildman–Crippen LogP) is 3.65. The van der Waals surface area contributed by atoms with E-state index in [0.29, 0.717) is 17.9 Å². The van der Waals surface area contributed by atoms with Crippen molar-refractivity contribution < 1.29 is 4.74 Å². The second kappa shape index (κ2) is 4.29. The first kappa shape index (κ1) is 11.2. The third kappa shape index (κ3) is 1.87. The molecule has 0 N–H and O–H groups in total. The van der Waals surface area contributed by atoms with E-state index in [1.54, 1.807) is 5.57 Å². The normalized spacial score (nSPS) is 45.1. The lowest BCUT2D eigenvalue weighted by atomic mass is 9.65. The molecule has 1 fully saturated rings. The summed E-state index contributed by atoms with van der Waals surface area (Å²) in [7, 11) is 0. The molecule has 0 amide bonds. The van der Waals surface area contributed by atoms with Gasteiger partial charge in [0.2, 0.25) is 0 Å². The zero-order valence-electron chi connectivity index (χ0n) is 10.5. The Bertz CT molecular complexity index is 256. The minimum absolute atomic E-state index is 0.491. The van der Waals surface area contributed by atoms with Crippen LogP contribution < -0.4 is 0 Å². The highest BCUT2D eigenvalue weighted by Gasteiger charge is 2.42.